The van der Waals surface area contributed by atoms with Crippen molar-refractivity contribution < 1.29 is 19.1 Å². The van der Waals surface area contributed by atoms with Gasteiger partial charge in [0, 0.05) is 55.3 Å². The van der Waals surface area contributed by atoms with E-state index in [0.29, 0.717) is 58.7 Å². The molecule has 32 heavy (non-hydrogen) atoms. The summed E-state index contributed by atoms with van der Waals surface area (Å²) in [5.74, 6) is 0.139. The maximum atomic E-state index is 12.5. The Morgan fingerprint density at radius 3 is 2.88 bits per heavy atom. The fourth-order valence-electron chi connectivity index (χ4n) is 4.66. The van der Waals surface area contributed by atoms with Crippen LogP contribution < -0.4 is 16.0 Å². The Kier molecular flexibility index (Phi) is 7.54. The van der Waals surface area contributed by atoms with Crippen LogP contribution in [0.3, 0.4) is 0 Å². The Morgan fingerprint density at radius 1 is 1.28 bits per heavy atom. The van der Waals surface area contributed by atoms with Crippen LogP contribution in [0.5, 0.6) is 0 Å². The number of anilines is 1. The standard InChI is InChI=1S/C22H31N5O4S/c1-32-18-4-2-3-15(11-18)24-22(30)25-16-12-19-21(29)23-13-17(27(19)14-16)5-6-20(28)26-7-9-31-10-8-26/h2-4,11,16-17,19H,5-10,12-14H2,1H3,(H,23,29)(H2,24,25,30)/t16-,17-,19+/m1/s1. The van der Waals surface area contributed by atoms with Crippen LogP contribution in [-0.2, 0) is 14.3 Å². The minimum Gasteiger partial charge on any atom is -0.378 e. The first-order chi connectivity index (χ1) is 15.5. The zero-order valence-corrected chi connectivity index (χ0v) is 19.2. The zero-order valence-electron chi connectivity index (χ0n) is 18.3. The number of fused-ring (bicyclic) bond motifs is 1. The molecular formula is C22H31N5O4S. The predicted octanol–water partition coefficient (Wildman–Crippen LogP) is 1.11. The highest BCUT2D eigenvalue weighted by Crippen LogP contribution is 2.26. The lowest BCUT2D eigenvalue weighted by atomic mass is 10.0. The maximum Gasteiger partial charge on any atom is 0.319 e. The number of benzene rings is 1. The molecule has 3 atom stereocenters. The summed E-state index contributed by atoms with van der Waals surface area (Å²) in [6.07, 6.45) is 3.70. The van der Waals surface area contributed by atoms with Crippen molar-refractivity contribution in [3.8, 4) is 0 Å². The van der Waals surface area contributed by atoms with Crippen LogP contribution >= 0.6 is 11.8 Å². The summed E-state index contributed by atoms with van der Waals surface area (Å²) in [4.78, 5) is 42.6. The number of carbonyl (C=O) groups excluding carboxylic acids is 3. The number of carbonyl (C=O) groups is 3. The van der Waals surface area contributed by atoms with Gasteiger partial charge in [-0.1, -0.05) is 6.07 Å². The van der Waals surface area contributed by atoms with Crippen LogP contribution in [0.25, 0.3) is 0 Å². The third-order valence-electron chi connectivity index (χ3n) is 6.34. The number of ether oxygens (including phenoxy) is 1. The van der Waals surface area contributed by atoms with Crippen LogP contribution in [0.2, 0.25) is 0 Å². The van der Waals surface area contributed by atoms with E-state index >= 15 is 0 Å². The molecule has 0 unspecified atom stereocenters. The average molecular weight is 462 g/mol. The molecule has 3 saturated heterocycles. The minimum atomic E-state index is -0.271. The summed E-state index contributed by atoms with van der Waals surface area (Å²) >= 11 is 1.62. The highest BCUT2D eigenvalue weighted by Gasteiger charge is 2.43. The van der Waals surface area contributed by atoms with Crippen molar-refractivity contribution >= 4 is 35.3 Å². The lowest BCUT2D eigenvalue weighted by Crippen LogP contribution is -2.58. The maximum absolute atomic E-state index is 12.5. The molecule has 3 heterocycles. The Balaban J connectivity index is 1.30. The number of nitrogens with one attached hydrogen (secondary N) is 3. The van der Waals surface area contributed by atoms with E-state index in [9.17, 15) is 14.4 Å². The summed E-state index contributed by atoms with van der Waals surface area (Å²) in [7, 11) is 0. The number of thioether (sulfide) groups is 1. The molecule has 3 aliphatic heterocycles. The number of morpholine rings is 1. The second-order valence-electron chi connectivity index (χ2n) is 8.41. The molecule has 0 saturated carbocycles. The molecule has 0 aromatic heterocycles. The minimum absolute atomic E-state index is 0.00173. The highest BCUT2D eigenvalue weighted by molar-refractivity contribution is 7.98. The lowest BCUT2D eigenvalue weighted by Gasteiger charge is -2.37. The van der Waals surface area contributed by atoms with Crippen molar-refractivity contribution in [2.45, 2.75) is 42.3 Å². The lowest BCUT2D eigenvalue weighted by molar-refractivity contribution is -0.136. The molecule has 10 heteroatoms. The monoisotopic (exact) mass is 461 g/mol. The average Bonchev–Trinajstić information content (AvgIpc) is 3.23. The molecule has 3 N–H and O–H groups in total. The van der Waals surface area contributed by atoms with Gasteiger partial charge in [-0.2, -0.15) is 0 Å². The summed E-state index contributed by atoms with van der Waals surface area (Å²) in [6, 6.07) is 7.12. The molecule has 4 rings (SSSR count). The Labute approximate surface area is 192 Å². The van der Waals surface area contributed by atoms with Crippen LogP contribution in [0, 0.1) is 0 Å². The molecule has 3 fully saturated rings. The van der Waals surface area contributed by atoms with E-state index in [1.165, 1.54) is 0 Å². The number of hydrogen-bond donors (Lipinski definition) is 3. The molecule has 1 aromatic rings. The van der Waals surface area contributed by atoms with Gasteiger partial charge in [0.15, 0.2) is 0 Å². The Bertz CT molecular complexity index is 847. The first-order valence-electron chi connectivity index (χ1n) is 11.1. The summed E-state index contributed by atoms with van der Waals surface area (Å²) < 4.78 is 5.32. The second-order valence-corrected chi connectivity index (χ2v) is 9.29. The van der Waals surface area contributed by atoms with E-state index in [0.717, 1.165) is 10.6 Å². The largest absolute Gasteiger partial charge is 0.378 e. The number of hydrogen-bond acceptors (Lipinski definition) is 6. The normalized spacial score (nSPS) is 25.7. The van der Waals surface area contributed by atoms with Gasteiger partial charge in [-0.05, 0) is 37.3 Å². The van der Waals surface area contributed by atoms with Gasteiger partial charge in [-0.15, -0.1) is 11.8 Å². The number of amides is 4. The molecule has 174 valence electrons. The Morgan fingerprint density at radius 2 is 2.09 bits per heavy atom. The summed E-state index contributed by atoms with van der Waals surface area (Å²) in [6.45, 7) is 3.62. The van der Waals surface area contributed by atoms with Gasteiger partial charge in [0.2, 0.25) is 11.8 Å². The quantitative estimate of drug-likeness (QED) is 0.549. The van der Waals surface area contributed by atoms with E-state index in [4.69, 9.17) is 4.74 Å². The fourth-order valence-corrected chi connectivity index (χ4v) is 5.12. The van der Waals surface area contributed by atoms with Crippen LogP contribution in [-0.4, -0.2) is 91.4 Å². The smallest absolute Gasteiger partial charge is 0.319 e. The van der Waals surface area contributed by atoms with Crippen molar-refractivity contribution in [1.29, 1.82) is 0 Å². The molecular weight excluding hydrogens is 430 g/mol. The van der Waals surface area contributed by atoms with Crippen molar-refractivity contribution in [3.05, 3.63) is 24.3 Å². The SMILES string of the molecule is CSc1cccc(NC(=O)N[C@@H]2C[C@H]3C(=O)NC[C@@H](CCC(=O)N4CCOCC4)N3C2)c1. The van der Waals surface area contributed by atoms with E-state index in [2.05, 4.69) is 20.9 Å². The van der Waals surface area contributed by atoms with Gasteiger partial charge >= 0.3 is 6.03 Å². The number of urea groups is 1. The van der Waals surface area contributed by atoms with Gasteiger partial charge in [0.05, 0.1) is 19.3 Å². The highest BCUT2D eigenvalue weighted by atomic mass is 32.2. The first kappa shape index (κ1) is 22.9. The molecule has 4 amide bonds. The van der Waals surface area contributed by atoms with Crippen molar-refractivity contribution in [3.63, 3.8) is 0 Å². The molecule has 0 spiro atoms. The van der Waals surface area contributed by atoms with Gasteiger partial charge in [0.1, 0.15) is 0 Å². The summed E-state index contributed by atoms with van der Waals surface area (Å²) in [5, 5.41) is 8.87. The molecule has 0 aliphatic carbocycles. The van der Waals surface area contributed by atoms with E-state index in [1.54, 1.807) is 11.8 Å². The van der Waals surface area contributed by atoms with E-state index in [-0.39, 0.29) is 36.0 Å². The van der Waals surface area contributed by atoms with E-state index < -0.39 is 0 Å². The number of piperazine rings is 1. The third kappa shape index (κ3) is 5.54. The number of rotatable bonds is 6. The van der Waals surface area contributed by atoms with Gasteiger partial charge in [-0.3, -0.25) is 14.5 Å². The van der Waals surface area contributed by atoms with Crippen molar-refractivity contribution in [2.24, 2.45) is 0 Å². The van der Waals surface area contributed by atoms with Crippen molar-refractivity contribution in [1.82, 2.24) is 20.4 Å². The zero-order chi connectivity index (χ0) is 22.5. The van der Waals surface area contributed by atoms with E-state index in [1.807, 2.05) is 35.4 Å². The van der Waals surface area contributed by atoms with Gasteiger partial charge in [0.25, 0.3) is 0 Å². The molecule has 3 aliphatic rings. The van der Waals surface area contributed by atoms with Gasteiger partial charge < -0.3 is 25.6 Å². The first-order valence-corrected chi connectivity index (χ1v) is 12.4. The van der Waals surface area contributed by atoms with Crippen molar-refractivity contribution in [2.75, 3.05) is 51.0 Å². The predicted molar refractivity (Wildman–Crippen MR) is 123 cm³/mol. The second kappa shape index (κ2) is 10.5. The summed E-state index contributed by atoms with van der Waals surface area (Å²) in [5.41, 5.74) is 0.738. The topological polar surface area (TPSA) is 103 Å². The Hall–Kier alpha value is -2.30. The third-order valence-corrected chi connectivity index (χ3v) is 7.07. The van der Waals surface area contributed by atoms with Gasteiger partial charge in [-0.25, -0.2) is 4.79 Å². The molecule has 0 bridgehead atoms. The van der Waals surface area contributed by atoms with Crippen LogP contribution in [0.4, 0.5) is 10.5 Å². The number of nitrogens with zero attached hydrogens (tertiary/aromatic N) is 2. The van der Waals surface area contributed by atoms with Crippen LogP contribution in [0.15, 0.2) is 29.2 Å². The molecule has 0 radical (unpaired) electrons. The van der Waals surface area contributed by atoms with Crippen LogP contribution in [0.1, 0.15) is 19.3 Å². The molecule has 9 nitrogen and oxygen atoms in total. The fraction of sp³-hybridized carbons (Fsp3) is 0.591. The molecule has 1 aromatic carbocycles.